The molecule has 1 aromatic rings. The summed E-state index contributed by atoms with van der Waals surface area (Å²) in [5.74, 6) is -0.388. The number of hydrogen-bond acceptors (Lipinski definition) is 2. The van der Waals surface area contributed by atoms with E-state index in [9.17, 15) is 9.18 Å². The Morgan fingerprint density at radius 3 is 2.65 bits per heavy atom. The number of carbonyl (C=O) groups excluding carboxylic acids is 1. The molecule has 0 aliphatic heterocycles. The van der Waals surface area contributed by atoms with E-state index in [4.69, 9.17) is 4.74 Å². The Labute approximate surface area is 109 Å². The number of methoxy groups -OCH3 is 1. The summed E-state index contributed by atoms with van der Waals surface area (Å²) in [4.78, 5) is 11.8. The van der Waals surface area contributed by atoms with Crippen molar-refractivity contribution in [3.8, 4) is 0 Å². The molecule has 0 aliphatic carbocycles. The molecule has 0 spiro atoms. The number of halogens is 2. The van der Waals surface area contributed by atoms with Gasteiger partial charge in [0.15, 0.2) is 0 Å². The van der Waals surface area contributed by atoms with E-state index in [0.717, 1.165) is 0 Å². The molecule has 0 aromatic heterocycles. The summed E-state index contributed by atoms with van der Waals surface area (Å²) in [5.41, 5.74) is -0.0757. The van der Waals surface area contributed by atoms with E-state index in [1.807, 2.05) is 13.8 Å². The predicted octanol–water partition coefficient (Wildman–Crippen LogP) is 3.51. The quantitative estimate of drug-likeness (QED) is 0.832. The summed E-state index contributed by atoms with van der Waals surface area (Å²) in [7, 11) is 1.56. The molecule has 0 atom stereocenters. The average Bonchev–Trinajstić information content (AvgIpc) is 2.21. The molecule has 0 fully saturated rings. The first kappa shape index (κ1) is 14.3. The van der Waals surface area contributed by atoms with Crippen molar-refractivity contribution in [2.45, 2.75) is 32.3 Å². The van der Waals surface area contributed by atoms with Gasteiger partial charge in [0, 0.05) is 24.4 Å². The third-order valence-electron chi connectivity index (χ3n) is 2.58. The Morgan fingerprint density at radius 1 is 1.47 bits per heavy atom. The van der Waals surface area contributed by atoms with Crippen molar-refractivity contribution >= 4 is 21.7 Å². The van der Waals surface area contributed by atoms with Gasteiger partial charge in [0.25, 0.3) is 0 Å². The van der Waals surface area contributed by atoms with Crippen molar-refractivity contribution < 1.29 is 13.9 Å². The van der Waals surface area contributed by atoms with Gasteiger partial charge in [-0.2, -0.15) is 0 Å². The fourth-order valence-corrected chi connectivity index (χ4v) is 1.82. The Hall–Kier alpha value is -0.740. The third kappa shape index (κ3) is 4.56. The lowest BCUT2D eigenvalue weighted by atomic mass is 9.97. The summed E-state index contributed by atoms with van der Waals surface area (Å²) in [6.45, 7) is 3.67. The molecule has 0 saturated carbocycles. The van der Waals surface area contributed by atoms with Crippen LogP contribution in [0.5, 0.6) is 0 Å². The number of carbonyl (C=O) groups is 1. The number of benzene rings is 1. The predicted molar refractivity (Wildman–Crippen MR) is 68.5 cm³/mol. The monoisotopic (exact) mass is 302 g/mol. The molecule has 17 heavy (non-hydrogen) atoms. The molecular formula is C13H16BrFO2. The van der Waals surface area contributed by atoms with E-state index in [0.29, 0.717) is 10.0 Å². The van der Waals surface area contributed by atoms with Gasteiger partial charge in [0.05, 0.1) is 5.60 Å². The van der Waals surface area contributed by atoms with Crippen LogP contribution in [0.15, 0.2) is 22.7 Å². The van der Waals surface area contributed by atoms with Crippen LogP contribution >= 0.6 is 15.9 Å². The van der Waals surface area contributed by atoms with Crippen LogP contribution < -0.4 is 0 Å². The van der Waals surface area contributed by atoms with Gasteiger partial charge >= 0.3 is 0 Å². The van der Waals surface area contributed by atoms with Gasteiger partial charge in [-0.15, -0.1) is 0 Å². The lowest BCUT2D eigenvalue weighted by Crippen LogP contribution is -2.27. The van der Waals surface area contributed by atoms with Crippen LogP contribution in [-0.2, 0) is 16.0 Å². The number of Topliss-reactive ketones (excluding diaryl/α,β-unsaturated/α-hetero) is 1. The summed E-state index contributed by atoms with van der Waals surface area (Å²) < 4.78 is 19.4. The first-order chi connectivity index (χ1) is 7.84. The molecule has 0 radical (unpaired) electrons. The van der Waals surface area contributed by atoms with Crippen LogP contribution in [0.1, 0.15) is 25.8 Å². The van der Waals surface area contributed by atoms with Gasteiger partial charge in [-0.3, -0.25) is 4.79 Å². The number of ketones is 1. The molecule has 4 heteroatoms. The minimum absolute atomic E-state index is 0.0296. The largest absolute Gasteiger partial charge is 0.378 e. The molecule has 2 nitrogen and oxygen atoms in total. The maximum Gasteiger partial charge on any atom is 0.140 e. The number of ether oxygens (including phenoxy) is 1. The van der Waals surface area contributed by atoms with Crippen LogP contribution in [0.4, 0.5) is 4.39 Å². The molecule has 0 aliphatic rings. The van der Waals surface area contributed by atoms with Gasteiger partial charge in [0.1, 0.15) is 11.6 Å². The molecule has 0 saturated heterocycles. The second-order valence-corrected chi connectivity index (χ2v) is 5.51. The van der Waals surface area contributed by atoms with Gasteiger partial charge in [-0.05, 0) is 31.5 Å². The van der Waals surface area contributed by atoms with Gasteiger partial charge in [0.2, 0.25) is 0 Å². The smallest absolute Gasteiger partial charge is 0.140 e. The van der Waals surface area contributed by atoms with Crippen LogP contribution in [0.2, 0.25) is 0 Å². The van der Waals surface area contributed by atoms with Crippen molar-refractivity contribution in [2.75, 3.05) is 7.11 Å². The topological polar surface area (TPSA) is 26.3 Å². The van der Waals surface area contributed by atoms with E-state index >= 15 is 0 Å². The highest BCUT2D eigenvalue weighted by atomic mass is 79.9. The zero-order valence-corrected chi connectivity index (χ0v) is 11.8. The van der Waals surface area contributed by atoms with Crippen LogP contribution in [0.25, 0.3) is 0 Å². The molecule has 0 N–H and O–H groups in total. The van der Waals surface area contributed by atoms with Crippen molar-refractivity contribution in [1.29, 1.82) is 0 Å². The highest BCUT2D eigenvalue weighted by Crippen LogP contribution is 2.19. The highest BCUT2D eigenvalue weighted by Gasteiger charge is 2.21. The second-order valence-electron chi connectivity index (χ2n) is 4.59. The standard InChI is InChI=1S/C13H16BrFO2/c1-13(2,17-3)8-11(16)6-9-4-5-10(14)7-12(9)15/h4-5,7H,6,8H2,1-3H3. The lowest BCUT2D eigenvalue weighted by molar-refractivity contribution is -0.123. The van der Waals surface area contributed by atoms with Crippen molar-refractivity contribution in [3.63, 3.8) is 0 Å². The van der Waals surface area contributed by atoms with Crippen molar-refractivity contribution in [2.24, 2.45) is 0 Å². The molecule has 0 bridgehead atoms. The van der Waals surface area contributed by atoms with Crippen LogP contribution in [0, 0.1) is 5.82 Å². The van der Waals surface area contributed by atoms with E-state index < -0.39 is 5.60 Å². The fraction of sp³-hybridized carbons (Fsp3) is 0.462. The zero-order chi connectivity index (χ0) is 13.1. The zero-order valence-electron chi connectivity index (χ0n) is 10.2. The molecular weight excluding hydrogens is 287 g/mol. The first-order valence-electron chi connectivity index (χ1n) is 5.35. The van der Waals surface area contributed by atoms with Crippen LogP contribution in [-0.4, -0.2) is 18.5 Å². The van der Waals surface area contributed by atoms with E-state index in [1.165, 1.54) is 6.07 Å². The van der Waals surface area contributed by atoms with Crippen molar-refractivity contribution in [1.82, 2.24) is 0 Å². The Morgan fingerprint density at radius 2 is 2.12 bits per heavy atom. The SMILES string of the molecule is COC(C)(C)CC(=O)Cc1ccc(Br)cc1F. The molecule has 0 amide bonds. The maximum absolute atomic E-state index is 13.5. The molecule has 0 heterocycles. The molecule has 94 valence electrons. The van der Waals surface area contributed by atoms with E-state index in [-0.39, 0.29) is 24.4 Å². The van der Waals surface area contributed by atoms with E-state index in [2.05, 4.69) is 15.9 Å². The van der Waals surface area contributed by atoms with Gasteiger partial charge in [-0.1, -0.05) is 22.0 Å². The number of hydrogen-bond donors (Lipinski definition) is 0. The summed E-state index contributed by atoms with van der Waals surface area (Å²) in [6, 6.07) is 4.72. The van der Waals surface area contributed by atoms with Crippen molar-refractivity contribution in [3.05, 3.63) is 34.1 Å². The summed E-state index contributed by atoms with van der Waals surface area (Å²) in [5, 5.41) is 0. The first-order valence-corrected chi connectivity index (χ1v) is 6.14. The molecule has 1 aromatic carbocycles. The third-order valence-corrected chi connectivity index (χ3v) is 3.07. The normalized spacial score (nSPS) is 11.6. The maximum atomic E-state index is 13.5. The van der Waals surface area contributed by atoms with Gasteiger partial charge in [-0.25, -0.2) is 4.39 Å². The second kappa shape index (κ2) is 5.74. The summed E-state index contributed by atoms with van der Waals surface area (Å²) >= 11 is 3.18. The molecule has 1 rings (SSSR count). The van der Waals surface area contributed by atoms with Gasteiger partial charge < -0.3 is 4.74 Å². The Balaban J connectivity index is 2.69. The van der Waals surface area contributed by atoms with E-state index in [1.54, 1.807) is 19.2 Å². The number of rotatable bonds is 5. The minimum Gasteiger partial charge on any atom is -0.378 e. The average molecular weight is 303 g/mol. The fourth-order valence-electron chi connectivity index (χ4n) is 1.49. The Bertz CT molecular complexity index is 416. The lowest BCUT2D eigenvalue weighted by Gasteiger charge is -2.21. The van der Waals surface area contributed by atoms with Crippen LogP contribution in [0.3, 0.4) is 0 Å². The molecule has 0 unspecified atom stereocenters. The Kier molecular flexibility index (Phi) is 4.83. The summed E-state index contributed by atoms with van der Waals surface area (Å²) in [6.07, 6.45) is 0.380. The highest BCUT2D eigenvalue weighted by molar-refractivity contribution is 9.10. The minimum atomic E-state index is -0.497.